The number of thioether (sulfide) groups is 1. The number of nitrogens with zero attached hydrogens (tertiary/aromatic N) is 1. The summed E-state index contributed by atoms with van der Waals surface area (Å²) in [5.74, 6) is 0.0555. The van der Waals surface area contributed by atoms with Crippen LogP contribution in [0, 0.1) is 0 Å². The summed E-state index contributed by atoms with van der Waals surface area (Å²) in [4.78, 5) is 26.3. The Kier molecular flexibility index (Phi) is 5.57. The molecule has 1 saturated heterocycles. The number of hydrogen-bond donors (Lipinski definition) is 1. The minimum absolute atomic E-state index is 0.122. The molecule has 1 aliphatic rings. The Bertz CT molecular complexity index is 832. The van der Waals surface area contributed by atoms with Gasteiger partial charge in [0.25, 0.3) is 5.91 Å². The van der Waals surface area contributed by atoms with Gasteiger partial charge < -0.3 is 9.73 Å². The molecule has 1 N–H and O–H groups in total. The zero-order chi connectivity index (χ0) is 17.8. The van der Waals surface area contributed by atoms with E-state index in [2.05, 4.69) is 5.32 Å². The van der Waals surface area contributed by atoms with Crippen molar-refractivity contribution < 1.29 is 14.0 Å². The molecule has 2 aromatic rings. The van der Waals surface area contributed by atoms with Crippen molar-refractivity contribution >= 4 is 57.8 Å². The molecule has 1 aromatic heterocycles. The van der Waals surface area contributed by atoms with Crippen molar-refractivity contribution in [2.45, 2.75) is 6.54 Å². The standard InChI is InChI=1S/C17H13ClN2O3S2/c18-12-5-3-11(4-6-12)8-14-16(22)20(17(24)25-14)10-15(21)19-9-13-2-1-7-23-13/h1-8H,9-10H2,(H,19,21)/b14-8-. The maximum Gasteiger partial charge on any atom is 0.266 e. The van der Waals surface area contributed by atoms with E-state index in [9.17, 15) is 9.59 Å². The van der Waals surface area contributed by atoms with Gasteiger partial charge in [-0.1, -0.05) is 47.7 Å². The molecule has 0 radical (unpaired) electrons. The highest BCUT2D eigenvalue weighted by molar-refractivity contribution is 8.26. The van der Waals surface area contributed by atoms with Crippen LogP contribution in [-0.4, -0.2) is 27.6 Å². The quantitative estimate of drug-likeness (QED) is 0.623. The van der Waals surface area contributed by atoms with Crippen molar-refractivity contribution in [3.63, 3.8) is 0 Å². The summed E-state index contributed by atoms with van der Waals surface area (Å²) in [6.07, 6.45) is 3.27. The van der Waals surface area contributed by atoms with E-state index in [1.54, 1.807) is 30.3 Å². The lowest BCUT2D eigenvalue weighted by Crippen LogP contribution is -2.39. The number of rotatable bonds is 5. The van der Waals surface area contributed by atoms with E-state index >= 15 is 0 Å². The van der Waals surface area contributed by atoms with Crippen LogP contribution in [-0.2, 0) is 16.1 Å². The highest BCUT2D eigenvalue weighted by atomic mass is 35.5. The van der Waals surface area contributed by atoms with Crippen molar-refractivity contribution in [2.24, 2.45) is 0 Å². The summed E-state index contributed by atoms with van der Waals surface area (Å²) < 4.78 is 5.50. The first-order valence-corrected chi connectivity index (χ1v) is 8.93. The van der Waals surface area contributed by atoms with Gasteiger partial charge in [0.15, 0.2) is 0 Å². The minimum Gasteiger partial charge on any atom is -0.467 e. The van der Waals surface area contributed by atoms with E-state index in [0.717, 1.165) is 5.56 Å². The molecule has 8 heteroatoms. The number of furan rings is 1. The van der Waals surface area contributed by atoms with Crippen LogP contribution in [0.2, 0.25) is 5.02 Å². The molecular formula is C17H13ClN2O3S2. The number of amides is 2. The molecule has 0 atom stereocenters. The minimum atomic E-state index is -0.305. The second-order valence-corrected chi connectivity index (χ2v) is 7.29. The van der Waals surface area contributed by atoms with E-state index in [-0.39, 0.29) is 24.9 Å². The Hall–Kier alpha value is -2.09. The summed E-state index contributed by atoms with van der Waals surface area (Å²) in [6.45, 7) is 0.143. The molecule has 1 aromatic carbocycles. The normalized spacial score (nSPS) is 15.9. The third kappa shape index (κ3) is 4.50. The van der Waals surface area contributed by atoms with Gasteiger partial charge in [0.2, 0.25) is 5.91 Å². The van der Waals surface area contributed by atoms with E-state index in [0.29, 0.717) is 20.0 Å². The van der Waals surface area contributed by atoms with E-state index in [1.165, 1.54) is 22.9 Å². The third-order valence-electron chi connectivity index (χ3n) is 3.38. The van der Waals surface area contributed by atoms with Gasteiger partial charge in [0.05, 0.1) is 17.7 Å². The number of benzene rings is 1. The zero-order valence-corrected chi connectivity index (χ0v) is 15.3. The maximum absolute atomic E-state index is 12.5. The smallest absolute Gasteiger partial charge is 0.266 e. The van der Waals surface area contributed by atoms with Crippen molar-refractivity contribution in [1.82, 2.24) is 10.2 Å². The maximum atomic E-state index is 12.5. The number of hydrogen-bond acceptors (Lipinski definition) is 5. The lowest BCUT2D eigenvalue weighted by Gasteiger charge is -2.13. The van der Waals surface area contributed by atoms with Crippen LogP contribution in [0.15, 0.2) is 52.0 Å². The highest BCUT2D eigenvalue weighted by Crippen LogP contribution is 2.32. The summed E-state index contributed by atoms with van der Waals surface area (Å²) >= 11 is 12.3. The van der Waals surface area contributed by atoms with Gasteiger partial charge in [-0.15, -0.1) is 0 Å². The van der Waals surface area contributed by atoms with Gasteiger partial charge in [0, 0.05) is 5.02 Å². The third-order valence-corrected chi connectivity index (χ3v) is 5.01. The van der Waals surface area contributed by atoms with Crippen LogP contribution >= 0.6 is 35.6 Å². The van der Waals surface area contributed by atoms with Crippen molar-refractivity contribution in [2.75, 3.05) is 6.54 Å². The van der Waals surface area contributed by atoms with Gasteiger partial charge in [-0.3, -0.25) is 14.5 Å². The fourth-order valence-electron chi connectivity index (χ4n) is 2.15. The van der Waals surface area contributed by atoms with Crippen LogP contribution in [0.3, 0.4) is 0 Å². The predicted molar refractivity (Wildman–Crippen MR) is 102 cm³/mol. The first-order valence-electron chi connectivity index (χ1n) is 7.33. The SMILES string of the molecule is O=C(CN1C(=O)/C(=C/c2ccc(Cl)cc2)SC1=S)NCc1ccco1. The van der Waals surface area contributed by atoms with Crippen LogP contribution in [0.5, 0.6) is 0 Å². The van der Waals surface area contributed by atoms with Gasteiger partial charge in [0.1, 0.15) is 16.6 Å². The molecule has 5 nitrogen and oxygen atoms in total. The van der Waals surface area contributed by atoms with Crippen molar-refractivity contribution in [1.29, 1.82) is 0 Å². The Labute approximate surface area is 159 Å². The van der Waals surface area contributed by atoms with Gasteiger partial charge in [-0.2, -0.15) is 0 Å². The van der Waals surface area contributed by atoms with Crippen LogP contribution in [0.25, 0.3) is 6.08 Å². The molecule has 3 rings (SSSR count). The molecule has 0 aliphatic carbocycles. The lowest BCUT2D eigenvalue weighted by atomic mass is 10.2. The first-order chi connectivity index (χ1) is 12.0. The van der Waals surface area contributed by atoms with Gasteiger partial charge >= 0.3 is 0 Å². The molecule has 1 aliphatic heterocycles. The van der Waals surface area contributed by atoms with E-state index in [1.807, 2.05) is 12.1 Å². The Balaban J connectivity index is 1.62. The fourth-order valence-corrected chi connectivity index (χ4v) is 3.53. The second kappa shape index (κ2) is 7.86. The number of nitrogens with one attached hydrogen (secondary N) is 1. The van der Waals surface area contributed by atoms with E-state index < -0.39 is 0 Å². The molecule has 2 amide bonds. The van der Waals surface area contributed by atoms with E-state index in [4.69, 9.17) is 28.2 Å². The topological polar surface area (TPSA) is 62.6 Å². The second-order valence-electron chi connectivity index (χ2n) is 5.18. The molecule has 25 heavy (non-hydrogen) atoms. The molecule has 1 fully saturated rings. The molecule has 0 saturated carbocycles. The predicted octanol–water partition coefficient (Wildman–Crippen LogP) is 3.45. The van der Waals surface area contributed by atoms with Crippen molar-refractivity contribution in [3.8, 4) is 0 Å². The molecule has 128 valence electrons. The molecule has 0 spiro atoms. The molecule has 2 heterocycles. The molecule has 0 bridgehead atoms. The zero-order valence-electron chi connectivity index (χ0n) is 12.9. The average Bonchev–Trinajstić information content (AvgIpc) is 3.19. The first kappa shape index (κ1) is 17.7. The number of carbonyl (C=O) groups excluding carboxylic acids is 2. The highest BCUT2D eigenvalue weighted by Gasteiger charge is 2.33. The summed E-state index contributed by atoms with van der Waals surface area (Å²) in [5.41, 5.74) is 0.840. The van der Waals surface area contributed by atoms with Crippen LogP contribution in [0.1, 0.15) is 11.3 Å². The number of halogens is 1. The number of carbonyl (C=O) groups is 2. The van der Waals surface area contributed by atoms with Gasteiger partial charge in [-0.25, -0.2) is 0 Å². The largest absolute Gasteiger partial charge is 0.467 e. The summed E-state index contributed by atoms with van der Waals surface area (Å²) in [6, 6.07) is 10.6. The Morgan fingerprint density at radius 2 is 2.08 bits per heavy atom. The Morgan fingerprint density at radius 1 is 1.32 bits per heavy atom. The molecular weight excluding hydrogens is 380 g/mol. The Morgan fingerprint density at radius 3 is 2.76 bits per heavy atom. The summed E-state index contributed by atoms with van der Waals surface area (Å²) in [5, 5.41) is 3.32. The van der Waals surface area contributed by atoms with Gasteiger partial charge in [-0.05, 0) is 35.9 Å². The average molecular weight is 393 g/mol. The van der Waals surface area contributed by atoms with Crippen LogP contribution < -0.4 is 5.32 Å². The molecule has 0 unspecified atom stereocenters. The van der Waals surface area contributed by atoms with Crippen molar-refractivity contribution in [3.05, 3.63) is 63.9 Å². The lowest BCUT2D eigenvalue weighted by molar-refractivity contribution is -0.128. The summed E-state index contributed by atoms with van der Waals surface area (Å²) in [7, 11) is 0. The monoisotopic (exact) mass is 392 g/mol. The fraction of sp³-hybridized carbons (Fsp3) is 0.118. The number of thiocarbonyl (C=S) groups is 1. The van der Waals surface area contributed by atoms with Crippen LogP contribution in [0.4, 0.5) is 0 Å².